The molecule has 6 heteroatoms. The number of nitrogens with one attached hydrogen (secondary N) is 1. The van der Waals surface area contributed by atoms with Gasteiger partial charge in [0.1, 0.15) is 6.42 Å². The van der Waals surface area contributed by atoms with E-state index in [1.807, 2.05) is 0 Å². The predicted octanol–water partition coefficient (Wildman–Crippen LogP) is -0.304. The second kappa shape index (κ2) is 2.73. The Morgan fingerprint density at radius 1 is 1.45 bits per heavy atom. The molecule has 0 aromatic rings. The van der Waals surface area contributed by atoms with Gasteiger partial charge in [-0.1, -0.05) is 0 Å². The molecule has 0 fully saturated rings. The summed E-state index contributed by atoms with van der Waals surface area (Å²) in [7, 11) is 0. The van der Waals surface area contributed by atoms with Crippen LogP contribution in [-0.2, 0) is 9.59 Å². The first-order chi connectivity index (χ1) is 5.09. The number of alkyl halides is 2. The monoisotopic (exact) mass is 162 g/mol. The van der Waals surface area contributed by atoms with Crippen molar-refractivity contribution in [1.29, 1.82) is 0 Å². The average molecular weight is 162 g/mol. The van der Waals surface area contributed by atoms with Crippen LogP contribution in [0.15, 0.2) is 4.99 Å². The number of amides is 2. The van der Waals surface area contributed by atoms with Crippen molar-refractivity contribution in [2.24, 2.45) is 4.99 Å². The average Bonchev–Trinajstić information content (AvgIpc) is 1.85. The van der Waals surface area contributed by atoms with E-state index in [0.29, 0.717) is 0 Å². The van der Waals surface area contributed by atoms with E-state index in [0.717, 1.165) is 0 Å². The van der Waals surface area contributed by atoms with Crippen LogP contribution < -0.4 is 5.32 Å². The van der Waals surface area contributed by atoms with E-state index in [-0.39, 0.29) is 0 Å². The zero-order valence-electron chi connectivity index (χ0n) is 5.30. The molecule has 0 radical (unpaired) electrons. The van der Waals surface area contributed by atoms with E-state index in [1.165, 1.54) is 0 Å². The molecule has 4 nitrogen and oxygen atoms in total. The van der Waals surface area contributed by atoms with Crippen LogP contribution in [0.1, 0.15) is 6.42 Å². The molecular weight excluding hydrogens is 158 g/mol. The lowest BCUT2D eigenvalue weighted by molar-refractivity contribution is -0.127. The molecule has 0 saturated carbocycles. The first kappa shape index (κ1) is 7.77. The van der Waals surface area contributed by atoms with Crippen molar-refractivity contribution in [3.63, 3.8) is 0 Å². The standard InChI is InChI=1S/C5H4F2N2O2/c6-4(7)5-8-2(10)1-3(11)9-5/h4H,1H2,(H,8,9,10,11). The van der Waals surface area contributed by atoms with Gasteiger partial charge in [0.05, 0.1) is 0 Å². The van der Waals surface area contributed by atoms with Crippen LogP contribution in [-0.4, -0.2) is 24.1 Å². The molecule has 1 N–H and O–H groups in total. The van der Waals surface area contributed by atoms with Crippen LogP contribution in [0.25, 0.3) is 0 Å². The second-order valence-corrected chi connectivity index (χ2v) is 1.92. The largest absolute Gasteiger partial charge is 0.309 e. The van der Waals surface area contributed by atoms with Gasteiger partial charge in [0, 0.05) is 0 Å². The van der Waals surface area contributed by atoms with Gasteiger partial charge in [0.15, 0.2) is 5.84 Å². The molecule has 0 saturated heterocycles. The summed E-state index contributed by atoms with van der Waals surface area (Å²) in [6.45, 7) is 0. The Hall–Kier alpha value is -1.33. The smallest absolute Gasteiger partial charge is 0.295 e. The molecule has 1 heterocycles. The number of halogens is 2. The molecule has 0 aromatic carbocycles. The Bertz CT molecular complexity index is 237. The summed E-state index contributed by atoms with van der Waals surface area (Å²) in [6.07, 6.45) is -3.35. The molecule has 0 aromatic heterocycles. The van der Waals surface area contributed by atoms with Gasteiger partial charge in [-0.3, -0.25) is 9.59 Å². The zero-order chi connectivity index (χ0) is 8.43. The maximum absolute atomic E-state index is 11.8. The van der Waals surface area contributed by atoms with Gasteiger partial charge in [-0.15, -0.1) is 0 Å². The highest BCUT2D eigenvalue weighted by Gasteiger charge is 2.23. The molecular formula is C5H4F2N2O2. The Morgan fingerprint density at radius 3 is 2.55 bits per heavy atom. The summed E-state index contributed by atoms with van der Waals surface area (Å²) in [5, 5.41) is 1.79. The quantitative estimate of drug-likeness (QED) is 0.538. The lowest BCUT2D eigenvalue weighted by Crippen LogP contribution is -2.40. The third-order valence-corrected chi connectivity index (χ3v) is 1.03. The lowest BCUT2D eigenvalue weighted by Gasteiger charge is -2.10. The lowest BCUT2D eigenvalue weighted by atomic mass is 10.3. The highest BCUT2D eigenvalue weighted by molar-refractivity contribution is 6.14. The van der Waals surface area contributed by atoms with Crippen molar-refractivity contribution < 1.29 is 18.4 Å². The van der Waals surface area contributed by atoms with E-state index in [1.54, 1.807) is 5.32 Å². The number of carbonyl (C=O) groups excluding carboxylic acids is 2. The summed E-state index contributed by atoms with van der Waals surface area (Å²) in [4.78, 5) is 23.8. The minimum absolute atomic E-state index is 0.448. The van der Waals surface area contributed by atoms with Crippen LogP contribution in [0.2, 0.25) is 0 Å². The molecule has 1 rings (SSSR count). The fourth-order valence-electron chi connectivity index (χ4n) is 0.630. The second-order valence-electron chi connectivity index (χ2n) is 1.92. The normalized spacial score (nSPS) is 18.3. The van der Waals surface area contributed by atoms with Crippen LogP contribution in [0.3, 0.4) is 0 Å². The summed E-state index contributed by atoms with van der Waals surface area (Å²) in [6, 6.07) is 0. The van der Waals surface area contributed by atoms with Crippen LogP contribution in [0.5, 0.6) is 0 Å². The van der Waals surface area contributed by atoms with Crippen molar-refractivity contribution in [2.45, 2.75) is 12.8 Å². The number of carbonyl (C=O) groups is 2. The summed E-state index contributed by atoms with van der Waals surface area (Å²) < 4.78 is 23.5. The van der Waals surface area contributed by atoms with Gasteiger partial charge in [0.25, 0.3) is 12.3 Å². The Labute approximate surface area is 60.3 Å². The van der Waals surface area contributed by atoms with Crippen molar-refractivity contribution in [3.8, 4) is 0 Å². The van der Waals surface area contributed by atoms with Gasteiger partial charge in [-0.25, -0.2) is 8.78 Å². The molecule has 0 unspecified atom stereocenters. The fourth-order valence-corrected chi connectivity index (χ4v) is 0.630. The van der Waals surface area contributed by atoms with Crippen LogP contribution in [0, 0.1) is 0 Å². The van der Waals surface area contributed by atoms with Gasteiger partial charge in [0.2, 0.25) is 5.91 Å². The fraction of sp³-hybridized carbons (Fsp3) is 0.400. The molecule has 0 aliphatic carbocycles. The number of hydrogen-bond donors (Lipinski definition) is 1. The Balaban J connectivity index is 2.80. The van der Waals surface area contributed by atoms with E-state index in [2.05, 4.69) is 4.99 Å². The molecule has 60 valence electrons. The number of amidine groups is 1. The highest BCUT2D eigenvalue weighted by atomic mass is 19.3. The minimum atomic E-state index is -2.90. The predicted molar refractivity (Wildman–Crippen MR) is 31.2 cm³/mol. The molecule has 1 aliphatic heterocycles. The van der Waals surface area contributed by atoms with Gasteiger partial charge in [-0.05, 0) is 0 Å². The highest BCUT2D eigenvalue weighted by Crippen LogP contribution is 2.01. The molecule has 0 spiro atoms. The number of hydrogen-bond acceptors (Lipinski definition) is 2. The molecule has 1 aliphatic rings. The topological polar surface area (TPSA) is 58.5 Å². The van der Waals surface area contributed by atoms with Crippen LogP contribution in [0.4, 0.5) is 8.78 Å². The summed E-state index contributed by atoms with van der Waals surface area (Å²) in [5.74, 6) is -2.42. The SMILES string of the molecule is O=C1CC(=O)NC(C(F)F)=N1. The molecule has 0 atom stereocenters. The van der Waals surface area contributed by atoms with E-state index in [4.69, 9.17) is 0 Å². The van der Waals surface area contributed by atoms with Crippen molar-refractivity contribution in [2.75, 3.05) is 0 Å². The number of aliphatic imine (C=N–C) groups is 1. The molecule has 11 heavy (non-hydrogen) atoms. The Kier molecular flexibility index (Phi) is 1.93. The first-order valence-corrected chi connectivity index (χ1v) is 2.79. The first-order valence-electron chi connectivity index (χ1n) is 2.79. The number of nitrogens with zero attached hydrogens (tertiary/aromatic N) is 1. The van der Waals surface area contributed by atoms with E-state index < -0.39 is 30.5 Å². The van der Waals surface area contributed by atoms with E-state index in [9.17, 15) is 18.4 Å². The maximum Gasteiger partial charge on any atom is 0.295 e. The van der Waals surface area contributed by atoms with E-state index >= 15 is 0 Å². The molecule has 0 bridgehead atoms. The van der Waals surface area contributed by atoms with Crippen molar-refractivity contribution in [3.05, 3.63) is 0 Å². The van der Waals surface area contributed by atoms with Gasteiger partial charge in [-0.2, -0.15) is 4.99 Å². The van der Waals surface area contributed by atoms with Gasteiger partial charge >= 0.3 is 0 Å². The zero-order valence-corrected chi connectivity index (χ0v) is 5.30. The molecule has 2 amide bonds. The van der Waals surface area contributed by atoms with Crippen molar-refractivity contribution >= 4 is 17.6 Å². The number of rotatable bonds is 1. The minimum Gasteiger partial charge on any atom is -0.309 e. The Morgan fingerprint density at radius 2 is 2.09 bits per heavy atom. The summed E-state index contributed by atoms with van der Waals surface area (Å²) >= 11 is 0. The summed E-state index contributed by atoms with van der Waals surface area (Å²) in [5.41, 5.74) is 0. The van der Waals surface area contributed by atoms with Gasteiger partial charge < -0.3 is 5.32 Å². The maximum atomic E-state index is 11.8. The third-order valence-electron chi connectivity index (χ3n) is 1.03. The third kappa shape index (κ3) is 1.79. The van der Waals surface area contributed by atoms with Crippen molar-refractivity contribution in [1.82, 2.24) is 5.32 Å². The van der Waals surface area contributed by atoms with Crippen LogP contribution >= 0.6 is 0 Å².